The highest BCUT2D eigenvalue weighted by atomic mass is 16.7. The van der Waals surface area contributed by atoms with E-state index in [1.807, 2.05) is 30.3 Å². The molecule has 12 nitrogen and oxygen atoms in total. The van der Waals surface area contributed by atoms with Gasteiger partial charge >= 0.3 is 5.97 Å². The minimum Gasteiger partial charge on any atom is -0.507 e. The highest BCUT2D eigenvalue weighted by Gasteiger charge is 2.44. The van der Waals surface area contributed by atoms with Gasteiger partial charge in [0.05, 0.1) is 17.8 Å². The molecule has 8 N–H and O–H groups in total. The van der Waals surface area contributed by atoms with Crippen molar-refractivity contribution in [2.75, 3.05) is 0 Å². The maximum atomic E-state index is 14.4. The second-order valence-corrected chi connectivity index (χ2v) is 12.3. The molecule has 0 bridgehead atoms. The second-order valence-electron chi connectivity index (χ2n) is 12.3. The van der Waals surface area contributed by atoms with Crippen LogP contribution in [0.5, 0.6) is 17.2 Å². The lowest BCUT2D eigenvalue weighted by Gasteiger charge is -2.39. The molecule has 50 heavy (non-hydrogen) atoms. The number of phenolic OH excluding ortho intramolecular Hbond substituents is 1. The van der Waals surface area contributed by atoms with Gasteiger partial charge in [0.25, 0.3) is 0 Å². The predicted octanol–water partition coefficient (Wildman–Crippen LogP) is 2.98. The van der Waals surface area contributed by atoms with E-state index in [0.717, 1.165) is 5.56 Å². The van der Waals surface area contributed by atoms with Crippen molar-refractivity contribution in [1.29, 1.82) is 0 Å². The van der Waals surface area contributed by atoms with Crippen LogP contribution in [0, 0.1) is 0 Å². The molecule has 1 aliphatic carbocycles. The molecule has 0 amide bonds. The summed E-state index contributed by atoms with van der Waals surface area (Å²) in [5.74, 6) is -2.61. The van der Waals surface area contributed by atoms with Crippen LogP contribution in [-0.4, -0.2) is 68.7 Å². The fourth-order valence-electron chi connectivity index (χ4n) is 6.18. The topological polar surface area (TPSA) is 212 Å². The van der Waals surface area contributed by atoms with E-state index >= 15 is 0 Å². The summed E-state index contributed by atoms with van der Waals surface area (Å²) in [4.78, 5) is 40.7. The minimum absolute atomic E-state index is 0.0193. The fourth-order valence-corrected chi connectivity index (χ4v) is 6.18. The van der Waals surface area contributed by atoms with Gasteiger partial charge in [-0.2, -0.15) is 0 Å². The number of rotatable bonds is 8. The molecule has 0 spiro atoms. The van der Waals surface area contributed by atoms with Crippen molar-refractivity contribution in [3.8, 4) is 17.2 Å². The first kappa shape index (κ1) is 34.6. The normalized spacial score (nSPS) is 21.6. The summed E-state index contributed by atoms with van der Waals surface area (Å²) in [7, 11) is 0. The Morgan fingerprint density at radius 2 is 1.58 bits per heavy atom. The number of aromatic hydroxyl groups is 1. The molecule has 1 saturated heterocycles. The third-order valence-corrected chi connectivity index (χ3v) is 8.78. The van der Waals surface area contributed by atoms with Gasteiger partial charge in [0.15, 0.2) is 11.6 Å². The van der Waals surface area contributed by atoms with Crippen molar-refractivity contribution < 1.29 is 49.0 Å². The monoisotopic (exact) mass is 680 g/mol. The number of ketones is 2. The van der Waals surface area contributed by atoms with Gasteiger partial charge in [-0.25, -0.2) is 0 Å². The lowest BCUT2D eigenvalue weighted by Crippen LogP contribution is -2.58. The van der Waals surface area contributed by atoms with E-state index in [1.54, 1.807) is 36.4 Å². The molecule has 1 fully saturated rings. The molecule has 4 aromatic rings. The molecular formula is C38H36N2O10. The summed E-state index contributed by atoms with van der Waals surface area (Å²) in [6, 6.07) is 20.1. The number of phenols is 1. The molecular weight excluding hydrogens is 644 g/mol. The van der Waals surface area contributed by atoms with Crippen molar-refractivity contribution in [3.63, 3.8) is 0 Å². The van der Waals surface area contributed by atoms with Crippen LogP contribution in [0.2, 0.25) is 0 Å². The van der Waals surface area contributed by atoms with Crippen molar-refractivity contribution in [3.05, 3.63) is 123 Å². The average Bonchev–Trinajstić information content (AvgIpc) is 3.09. The molecule has 1 aliphatic heterocycles. The molecule has 258 valence electrons. The maximum absolute atomic E-state index is 14.4. The van der Waals surface area contributed by atoms with E-state index in [9.17, 15) is 34.8 Å². The lowest BCUT2D eigenvalue weighted by atomic mass is 9.79. The van der Waals surface area contributed by atoms with Gasteiger partial charge in [-0.1, -0.05) is 60.7 Å². The molecule has 2 aliphatic rings. The first-order chi connectivity index (χ1) is 23.8. The number of hydrogen-bond donors (Lipinski definition) is 6. The Kier molecular flexibility index (Phi) is 9.67. The van der Waals surface area contributed by atoms with Crippen LogP contribution in [-0.2, 0) is 16.0 Å². The van der Waals surface area contributed by atoms with Gasteiger partial charge in [0.1, 0.15) is 35.6 Å². The molecule has 5 atom stereocenters. The zero-order valence-corrected chi connectivity index (χ0v) is 27.1. The number of benzene rings is 4. The summed E-state index contributed by atoms with van der Waals surface area (Å²) in [6.45, 7) is 2.69. The molecule has 6 rings (SSSR count). The highest BCUT2D eigenvalue weighted by molar-refractivity contribution is 6.31. The minimum atomic E-state index is -1.72. The number of carbonyl (C=O) groups is 3. The Morgan fingerprint density at radius 3 is 2.28 bits per heavy atom. The Bertz CT molecular complexity index is 2010. The van der Waals surface area contributed by atoms with Crippen LogP contribution in [0.4, 0.5) is 0 Å². The maximum Gasteiger partial charge on any atom is 0.308 e. The van der Waals surface area contributed by atoms with Crippen molar-refractivity contribution in [2.24, 2.45) is 11.5 Å². The van der Waals surface area contributed by atoms with E-state index in [0.29, 0.717) is 11.1 Å². The number of aliphatic hydroxyl groups is 3. The predicted molar refractivity (Wildman–Crippen MR) is 181 cm³/mol. The summed E-state index contributed by atoms with van der Waals surface area (Å²) in [6.07, 6.45) is -4.80. The van der Waals surface area contributed by atoms with E-state index in [1.165, 1.54) is 32.0 Å². The number of hydrogen-bond acceptors (Lipinski definition) is 12. The Morgan fingerprint density at radius 1 is 0.860 bits per heavy atom. The molecule has 4 aromatic carbocycles. The number of carbonyl (C=O) groups excluding carboxylic acids is 3. The van der Waals surface area contributed by atoms with Crippen molar-refractivity contribution in [1.82, 2.24) is 0 Å². The van der Waals surface area contributed by atoms with E-state index in [2.05, 4.69) is 0 Å². The van der Waals surface area contributed by atoms with Gasteiger partial charge < -0.3 is 46.1 Å². The summed E-state index contributed by atoms with van der Waals surface area (Å²) in [5.41, 5.74) is 13.4. The average molecular weight is 681 g/mol. The fraction of sp³-hybridized carbons (Fsp3) is 0.237. The van der Waals surface area contributed by atoms with Crippen LogP contribution in [0.3, 0.4) is 0 Å². The molecule has 0 radical (unpaired) electrons. The van der Waals surface area contributed by atoms with Gasteiger partial charge in [-0.05, 0) is 47.9 Å². The van der Waals surface area contributed by atoms with Crippen LogP contribution in [0.25, 0.3) is 12.2 Å². The number of esters is 1. The molecule has 1 heterocycles. The first-order valence-electron chi connectivity index (χ1n) is 15.9. The van der Waals surface area contributed by atoms with E-state index < -0.39 is 60.2 Å². The third kappa shape index (κ3) is 6.55. The smallest absolute Gasteiger partial charge is 0.308 e. The zero-order valence-electron chi connectivity index (χ0n) is 27.1. The van der Waals surface area contributed by atoms with Gasteiger partial charge in [0, 0.05) is 41.2 Å². The zero-order chi connectivity index (χ0) is 35.9. The van der Waals surface area contributed by atoms with Gasteiger partial charge in [-0.3, -0.25) is 14.4 Å². The summed E-state index contributed by atoms with van der Waals surface area (Å²) < 4.78 is 17.2. The number of nitrogens with two attached hydrogens (primary N) is 2. The van der Waals surface area contributed by atoms with Crippen LogP contribution in [0.1, 0.15) is 79.7 Å². The SMILES string of the molecule is CC(=O)Oc1ccc2c(c1C=Cc1ccccc1)C(=O)c1cc(OC3OC(C)C(O)C(O)C3O)c(Cc3cccc(C(N)N)c3)c(O)c1C2=O. The molecule has 0 aromatic heterocycles. The number of fused-ring (bicyclic) bond motifs is 2. The van der Waals surface area contributed by atoms with Crippen LogP contribution in [0.15, 0.2) is 72.8 Å². The molecule has 12 heteroatoms. The highest BCUT2D eigenvalue weighted by Crippen LogP contribution is 2.44. The quantitative estimate of drug-likeness (QED) is 0.0605. The lowest BCUT2D eigenvalue weighted by molar-refractivity contribution is -0.268. The number of aliphatic hydroxyl groups excluding tert-OH is 3. The number of ether oxygens (including phenoxy) is 3. The van der Waals surface area contributed by atoms with Crippen LogP contribution >= 0.6 is 0 Å². The van der Waals surface area contributed by atoms with E-state index in [4.69, 9.17) is 25.7 Å². The largest absolute Gasteiger partial charge is 0.507 e. The summed E-state index contributed by atoms with van der Waals surface area (Å²) in [5, 5.41) is 43.3. The third-order valence-electron chi connectivity index (χ3n) is 8.78. The molecule has 0 saturated carbocycles. The van der Waals surface area contributed by atoms with Crippen molar-refractivity contribution in [2.45, 2.75) is 57.1 Å². The standard InChI is InChI=1S/C38H36N2O10/c1-18-31(42)35(46)36(47)38(48-18)50-28-17-26-30(33(44)25(28)16-21-9-6-10-22(15-21)37(39)40)32(43)24-13-14-27(49-19(2)41)23(29(24)34(26)45)12-11-20-7-4-3-5-8-20/h3-15,17-18,31,35-38,42,44,46-47H,16,39-40H2,1-2H3. The molecule has 5 unspecified atom stereocenters. The second kappa shape index (κ2) is 14.0. The van der Waals surface area contributed by atoms with Gasteiger partial charge in [-0.15, -0.1) is 0 Å². The Labute approximate surface area is 287 Å². The van der Waals surface area contributed by atoms with Crippen molar-refractivity contribution >= 4 is 29.7 Å². The Balaban J connectivity index is 1.52. The first-order valence-corrected chi connectivity index (χ1v) is 15.9. The van der Waals surface area contributed by atoms with E-state index in [-0.39, 0.29) is 51.3 Å². The summed E-state index contributed by atoms with van der Waals surface area (Å²) >= 11 is 0. The Hall–Kier alpha value is -5.21. The van der Waals surface area contributed by atoms with Gasteiger partial charge in [0.2, 0.25) is 6.29 Å². The van der Waals surface area contributed by atoms with Crippen LogP contribution < -0.4 is 20.9 Å².